The summed E-state index contributed by atoms with van der Waals surface area (Å²) in [6, 6.07) is 12.2. The Balaban J connectivity index is 1.97. The first-order valence-corrected chi connectivity index (χ1v) is 10.1. The van der Waals surface area contributed by atoms with Crippen LogP contribution in [0.25, 0.3) is 0 Å². The first-order chi connectivity index (χ1) is 12.9. The Morgan fingerprint density at radius 3 is 2.15 bits per heavy atom. The van der Waals surface area contributed by atoms with Crippen molar-refractivity contribution >= 4 is 47.8 Å². The van der Waals surface area contributed by atoms with Gasteiger partial charge >= 0.3 is 0 Å². The molecule has 0 aliphatic carbocycles. The number of aliphatic imine (C=N–C) groups is 2. The number of benzene rings is 2. The lowest BCUT2D eigenvalue weighted by atomic mass is 10.1. The van der Waals surface area contributed by atoms with Gasteiger partial charge in [-0.3, -0.25) is 8.61 Å². The summed E-state index contributed by atoms with van der Waals surface area (Å²) < 4.78 is 3.88. The van der Waals surface area contributed by atoms with Crippen LogP contribution in [-0.2, 0) is 12.8 Å². The summed E-state index contributed by atoms with van der Waals surface area (Å²) in [5.74, 6) is 0. The molecule has 0 atom stereocenters. The molecule has 0 N–H and O–H groups in total. The standard InChI is InChI=1S/C21H27ClN4S/c1-6-17-8-10-21(18(7-2)13-17)24-15-26(5)27-25(4)14-23-20-11-9-19(22)12-16(20)3/h8-15H,6-7H2,1-5H3. The minimum Gasteiger partial charge on any atom is -0.292 e. The highest BCUT2D eigenvalue weighted by atomic mass is 35.5. The fourth-order valence-electron chi connectivity index (χ4n) is 2.56. The van der Waals surface area contributed by atoms with Gasteiger partial charge in [0.1, 0.15) is 12.7 Å². The fourth-order valence-corrected chi connectivity index (χ4v) is 3.38. The third kappa shape index (κ3) is 6.60. The largest absolute Gasteiger partial charge is 0.292 e. The van der Waals surface area contributed by atoms with E-state index in [0.717, 1.165) is 34.8 Å². The lowest BCUT2D eigenvalue weighted by molar-refractivity contribution is 0.779. The van der Waals surface area contributed by atoms with Crippen LogP contribution in [0.5, 0.6) is 0 Å². The summed E-state index contributed by atoms with van der Waals surface area (Å²) in [4.78, 5) is 9.16. The molecule has 6 heteroatoms. The molecule has 0 bridgehead atoms. The van der Waals surface area contributed by atoms with Crippen LogP contribution < -0.4 is 0 Å². The molecule has 0 unspecified atom stereocenters. The Morgan fingerprint density at radius 2 is 1.56 bits per heavy atom. The van der Waals surface area contributed by atoms with Gasteiger partial charge in [0.2, 0.25) is 0 Å². The lowest BCUT2D eigenvalue weighted by Crippen LogP contribution is -2.16. The van der Waals surface area contributed by atoms with Crippen LogP contribution in [0, 0.1) is 6.92 Å². The summed E-state index contributed by atoms with van der Waals surface area (Å²) in [6.07, 6.45) is 5.65. The molecule has 2 aromatic carbocycles. The second-order valence-electron chi connectivity index (χ2n) is 6.26. The first-order valence-electron chi connectivity index (χ1n) is 9.03. The van der Waals surface area contributed by atoms with E-state index < -0.39 is 0 Å². The molecule has 0 aliphatic heterocycles. The fraction of sp³-hybridized carbons (Fsp3) is 0.333. The van der Waals surface area contributed by atoms with Gasteiger partial charge in [0.15, 0.2) is 0 Å². The maximum atomic E-state index is 5.98. The lowest BCUT2D eigenvalue weighted by Gasteiger charge is -2.18. The van der Waals surface area contributed by atoms with Crippen LogP contribution in [0.4, 0.5) is 11.4 Å². The second-order valence-corrected chi connectivity index (χ2v) is 8.02. The topological polar surface area (TPSA) is 31.2 Å². The predicted octanol–water partition coefficient (Wildman–Crippen LogP) is 6.22. The predicted molar refractivity (Wildman–Crippen MR) is 121 cm³/mol. The minimum absolute atomic E-state index is 0.726. The third-order valence-corrected chi connectivity index (χ3v) is 5.01. The summed E-state index contributed by atoms with van der Waals surface area (Å²) in [5.41, 5.74) is 5.61. The molecule has 0 saturated carbocycles. The van der Waals surface area contributed by atoms with E-state index in [1.54, 1.807) is 6.34 Å². The van der Waals surface area contributed by atoms with Crippen molar-refractivity contribution in [3.63, 3.8) is 0 Å². The zero-order chi connectivity index (χ0) is 19.8. The van der Waals surface area contributed by atoms with Crippen molar-refractivity contribution in [3.05, 3.63) is 58.1 Å². The Kier molecular flexibility index (Phi) is 8.20. The number of aryl methyl sites for hydroxylation is 3. The van der Waals surface area contributed by atoms with Gasteiger partial charge in [-0.25, -0.2) is 9.98 Å². The van der Waals surface area contributed by atoms with Crippen molar-refractivity contribution in [2.45, 2.75) is 33.6 Å². The molecule has 0 radical (unpaired) electrons. The molecule has 0 aromatic heterocycles. The zero-order valence-electron chi connectivity index (χ0n) is 16.6. The van der Waals surface area contributed by atoms with E-state index in [2.05, 4.69) is 42.0 Å². The molecule has 0 heterocycles. The number of halogens is 1. The van der Waals surface area contributed by atoms with Crippen LogP contribution in [0.3, 0.4) is 0 Å². The molecule has 0 fully saturated rings. The number of nitrogens with zero attached hydrogens (tertiary/aromatic N) is 4. The van der Waals surface area contributed by atoms with Crippen molar-refractivity contribution in [1.29, 1.82) is 0 Å². The number of hydrogen-bond acceptors (Lipinski definition) is 3. The smallest absolute Gasteiger partial charge is 0.102 e. The van der Waals surface area contributed by atoms with E-state index in [9.17, 15) is 0 Å². The van der Waals surface area contributed by atoms with Gasteiger partial charge in [-0.15, -0.1) is 0 Å². The van der Waals surface area contributed by atoms with Crippen LogP contribution in [0.1, 0.15) is 30.5 Å². The van der Waals surface area contributed by atoms with Crippen LogP contribution in [-0.4, -0.2) is 35.4 Å². The molecule has 0 saturated heterocycles. The van der Waals surface area contributed by atoms with Gasteiger partial charge in [-0.2, -0.15) is 0 Å². The van der Waals surface area contributed by atoms with E-state index in [-0.39, 0.29) is 0 Å². The molecule has 0 aliphatic rings. The SMILES string of the molecule is CCc1ccc(N=CN(C)SN(C)C=Nc2ccc(Cl)cc2C)c(CC)c1. The van der Waals surface area contributed by atoms with Crippen molar-refractivity contribution in [2.24, 2.45) is 9.98 Å². The Bertz CT molecular complexity index is 820. The van der Waals surface area contributed by atoms with Crippen LogP contribution in [0.15, 0.2) is 46.4 Å². The van der Waals surface area contributed by atoms with Crippen molar-refractivity contribution < 1.29 is 0 Å². The molecule has 4 nitrogen and oxygen atoms in total. The molecule has 27 heavy (non-hydrogen) atoms. The molecular weight excluding hydrogens is 376 g/mol. The Hall–Kier alpha value is -1.98. The number of hydrogen-bond donors (Lipinski definition) is 0. The molecule has 0 amide bonds. The van der Waals surface area contributed by atoms with Crippen molar-refractivity contribution in [2.75, 3.05) is 14.1 Å². The quantitative estimate of drug-likeness (QED) is 0.298. The monoisotopic (exact) mass is 402 g/mol. The highest BCUT2D eigenvalue weighted by molar-refractivity contribution is 7.95. The summed E-state index contributed by atoms with van der Waals surface area (Å²) in [5, 5.41) is 0.726. The van der Waals surface area contributed by atoms with Crippen molar-refractivity contribution in [1.82, 2.24) is 8.61 Å². The average Bonchev–Trinajstić information content (AvgIpc) is 2.65. The van der Waals surface area contributed by atoms with E-state index in [1.165, 1.54) is 23.3 Å². The average molecular weight is 403 g/mol. The van der Waals surface area contributed by atoms with Gasteiger partial charge in [0.05, 0.1) is 23.5 Å². The molecule has 2 rings (SSSR count). The van der Waals surface area contributed by atoms with E-state index in [1.807, 2.05) is 54.2 Å². The summed E-state index contributed by atoms with van der Waals surface area (Å²) in [6.45, 7) is 6.33. The summed E-state index contributed by atoms with van der Waals surface area (Å²) in [7, 11) is 3.93. The summed E-state index contributed by atoms with van der Waals surface area (Å²) >= 11 is 7.49. The minimum atomic E-state index is 0.726. The van der Waals surface area contributed by atoms with Crippen molar-refractivity contribution in [3.8, 4) is 0 Å². The van der Waals surface area contributed by atoms with Gasteiger partial charge in [0, 0.05) is 19.1 Å². The van der Waals surface area contributed by atoms with Gasteiger partial charge in [-0.1, -0.05) is 37.6 Å². The Labute approximate surface area is 172 Å². The maximum Gasteiger partial charge on any atom is 0.102 e. The Morgan fingerprint density at radius 1 is 0.926 bits per heavy atom. The van der Waals surface area contributed by atoms with E-state index >= 15 is 0 Å². The highest BCUT2D eigenvalue weighted by Gasteiger charge is 2.03. The maximum absolute atomic E-state index is 5.98. The number of rotatable bonds is 8. The normalized spacial score (nSPS) is 11.5. The first kappa shape index (κ1) is 21.3. The van der Waals surface area contributed by atoms with Gasteiger partial charge in [-0.05, 0) is 60.7 Å². The third-order valence-electron chi connectivity index (χ3n) is 4.07. The van der Waals surface area contributed by atoms with Gasteiger partial charge < -0.3 is 0 Å². The highest BCUT2D eigenvalue weighted by Crippen LogP contribution is 2.23. The van der Waals surface area contributed by atoms with E-state index in [0.29, 0.717) is 0 Å². The van der Waals surface area contributed by atoms with E-state index in [4.69, 9.17) is 11.6 Å². The molecular formula is C21H27ClN4S. The zero-order valence-corrected chi connectivity index (χ0v) is 18.2. The molecule has 2 aromatic rings. The van der Waals surface area contributed by atoms with Crippen LogP contribution >= 0.6 is 23.7 Å². The van der Waals surface area contributed by atoms with Gasteiger partial charge in [0.25, 0.3) is 0 Å². The molecule has 0 spiro atoms. The van der Waals surface area contributed by atoms with Crippen LogP contribution in [0.2, 0.25) is 5.02 Å². The second kappa shape index (κ2) is 10.4. The molecule has 144 valence electrons.